The van der Waals surface area contributed by atoms with Crippen molar-refractivity contribution in [2.75, 3.05) is 17.3 Å². The minimum Gasteiger partial charge on any atom is -0.382 e. The molecule has 0 aliphatic heterocycles. The Labute approximate surface area is 109 Å². The number of rotatable bonds is 4. The first kappa shape index (κ1) is 13.8. The quantitative estimate of drug-likeness (QED) is 0.925. The molecule has 1 unspecified atom stereocenters. The second-order valence-electron chi connectivity index (χ2n) is 3.77. The van der Waals surface area contributed by atoms with Gasteiger partial charge in [-0.25, -0.2) is 8.42 Å². The Hall–Kier alpha value is -0.260. The van der Waals surface area contributed by atoms with Gasteiger partial charge in [0.15, 0.2) is 0 Å². The first-order valence-corrected chi connectivity index (χ1v) is 7.90. The van der Waals surface area contributed by atoms with Crippen LogP contribution in [-0.4, -0.2) is 26.5 Å². The molecule has 0 saturated heterocycles. The third kappa shape index (κ3) is 4.72. The minimum absolute atomic E-state index is 0.104. The van der Waals surface area contributed by atoms with Gasteiger partial charge < -0.3 is 5.32 Å². The van der Waals surface area contributed by atoms with Gasteiger partial charge in [0.2, 0.25) is 0 Å². The normalized spacial score (nSPS) is 13.5. The standard InChI is InChI=1S/C10H13BrClNO2S/c1-7(6-16(2,14)15)13-8-3-4-10(12)9(11)5-8/h3-5,7,13H,6H2,1-2H3. The van der Waals surface area contributed by atoms with Crippen molar-refractivity contribution in [2.45, 2.75) is 13.0 Å². The molecule has 1 N–H and O–H groups in total. The fraction of sp³-hybridized carbons (Fsp3) is 0.400. The molecule has 1 rings (SSSR count). The maximum Gasteiger partial charge on any atom is 0.149 e. The van der Waals surface area contributed by atoms with E-state index in [-0.39, 0.29) is 11.8 Å². The van der Waals surface area contributed by atoms with Gasteiger partial charge in [0, 0.05) is 22.5 Å². The molecule has 90 valence electrons. The van der Waals surface area contributed by atoms with Gasteiger partial charge in [0.25, 0.3) is 0 Å². The van der Waals surface area contributed by atoms with Gasteiger partial charge in [-0.15, -0.1) is 0 Å². The predicted molar refractivity (Wildman–Crippen MR) is 71.9 cm³/mol. The molecule has 0 aromatic heterocycles. The van der Waals surface area contributed by atoms with Gasteiger partial charge in [0.05, 0.1) is 10.8 Å². The molecule has 1 aromatic rings. The molecule has 16 heavy (non-hydrogen) atoms. The lowest BCUT2D eigenvalue weighted by Gasteiger charge is -2.14. The summed E-state index contributed by atoms with van der Waals surface area (Å²) in [5, 5.41) is 3.72. The van der Waals surface area contributed by atoms with Crippen molar-refractivity contribution < 1.29 is 8.42 Å². The Kier molecular flexibility index (Phi) is 4.64. The van der Waals surface area contributed by atoms with E-state index in [4.69, 9.17) is 11.6 Å². The van der Waals surface area contributed by atoms with E-state index < -0.39 is 9.84 Å². The lowest BCUT2D eigenvalue weighted by Crippen LogP contribution is -2.24. The molecule has 1 atom stereocenters. The van der Waals surface area contributed by atoms with E-state index in [1.807, 2.05) is 19.1 Å². The van der Waals surface area contributed by atoms with Crippen molar-refractivity contribution in [3.8, 4) is 0 Å². The van der Waals surface area contributed by atoms with Crippen LogP contribution >= 0.6 is 27.5 Å². The van der Waals surface area contributed by atoms with Crippen molar-refractivity contribution in [1.29, 1.82) is 0 Å². The van der Waals surface area contributed by atoms with Gasteiger partial charge in [-0.05, 0) is 41.1 Å². The lowest BCUT2D eigenvalue weighted by atomic mass is 10.3. The third-order valence-corrected chi connectivity index (χ3v) is 4.20. The Bertz CT molecular complexity index is 476. The molecule has 0 bridgehead atoms. The van der Waals surface area contributed by atoms with E-state index in [9.17, 15) is 8.42 Å². The van der Waals surface area contributed by atoms with Crippen LogP contribution in [0.15, 0.2) is 22.7 Å². The number of nitrogens with one attached hydrogen (secondary N) is 1. The van der Waals surface area contributed by atoms with E-state index >= 15 is 0 Å². The number of benzene rings is 1. The van der Waals surface area contributed by atoms with Crippen LogP contribution < -0.4 is 5.32 Å². The highest BCUT2D eigenvalue weighted by molar-refractivity contribution is 9.10. The van der Waals surface area contributed by atoms with Gasteiger partial charge in [-0.2, -0.15) is 0 Å². The van der Waals surface area contributed by atoms with Crippen molar-refractivity contribution in [3.05, 3.63) is 27.7 Å². The summed E-state index contributed by atoms with van der Waals surface area (Å²) >= 11 is 9.16. The monoisotopic (exact) mass is 325 g/mol. The van der Waals surface area contributed by atoms with Crippen molar-refractivity contribution in [2.24, 2.45) is 0 Å². The summed E-state index contributed by atoms with van der Waals surface area (Å²) in [6.45, 7) is 1.82. The summed E-state index contributed by atoms with van der Waals surface area (Å²) in [5.74, 6) is 0.104. The average Bonchev–Trinajstić information content (AvgIpc) is 2.08. The Morgan fingerprint density at radius 2 is 2.12 bits per heavy atom. The summed E-state index contributed by atoms with van der Waals surface area (Å²) in [7, 11) is -2.96. The molecular weight excluding hydrogens is 314 g/mol. The molecule has 3 nitrogen and oxygen atoms in total. The highest BCUT2D eigenvalue weighted by Crippen LogP contribution is 2.25. The van der Waals surface area contributed by atoms with E-state index in [2.05, 4.69) is 21.2 Å². The summed E-state index contributed by atoms with van der Waals surface area (Å²) in [6, 6.07) is 5.25. The van der Waals surface area contributed by atoms with Gasteiger partial charge in [-0.1, -0.05) is 11.6 Å². The molecular formula is C10H13BrClNO2S. The van der Waals surface area contributed by atoms with E-state index in [1.54, 1.807) is 6.07 Å². The predicted octanol–water partition coefficient (Wildman–Crippen LogP) is 2.95. The molecule has 0 aliphatic carbocycles. The van der Waals surface area contributed by atoms with Crippen LogP contribution in [0.25, 0.3) is 0 Å². The fourth-order valence-corrected chi connectivity index (χ4v) is 2.85. The van der Waals surface area contributed by atoms with Crippen molar-refractivity contribution in [1.82, 2.24) is 0 Å². The first-order chi connectivity index (χ1) is 7.28. The van der Waals surface area contributed by atoms with E-state index in [0.29, 0.717) is 5.02 Å². The molecule has 6 heteroatoms. The number of anilines is 1. The summed E-state index contributed by atoms with van der Waals surface area (Å²) < 4.78 is 22.9. The van der Waals surface area contributed by atoms with Crippen LogP contribution in [0.3, 0.4) is 0 Å². The van der Waals surface area contributed by atoms with Crippen LogP contribution in [0, 0.1) is 0 Å². The Morgan fingerprint density at radius 1 is 1.50 bits per heavy atom. The van der Waals surface area contributed by atoms with E-state index in [0.717, 1.165) is 10.2 Å². The van der Waals surface area contributed by atoms with Gasteiger partial charge >= 0.3 is 0 Å². The number of hydrogen-bond donors (Lipinski definition) is 1. The smallest absolute Gasteiger partial charge is 0.149 e. The molecule has 0 aliphatic rings. The lowest BCUT2D eigenvalue weighted by molar-refractivity contribution is 0.598. The van der Waals surface area contributed by atoms with Crippen LogP contribution in [0.1, 0.15) is 6.92 Å². The van der Waals surface area contributed by atoms with Crippen LogP contribution in [0.5, 0.6) is 0 Å². The zero-order valence-corrected chi connectivity index (χ0v) is 12.2. The largest absolute Gasteiger partial charge is 0.382 e. The Morgan fingerprint density at radius 3 is 2.62 bits per heavy atom. The summed E-state index contributed by atoms with van der Waals surface area (Å²) in [6.07, 6.45) is 1.23. The van der Waals surface area contributed by atoms with Crippen LogP contribution in [0.2, 0.25) is 5.02 Å². The molecule has 0 spiro atoms. The highest BCUT2D eigenvalue weighted by atomic mass is 79.9. The molecule has 0 heterocycles. The minimum atomic E-state index is -2.96. The van der Waals surface area contributed by atoms with Crippen LogP contribution in [0.4, 0.5) is 5.69 Å². The summed E-state index contributed by atoms with van der Waals surface area (Å²) in [5.41, 5.74) is 0.840. The van der Waals surface area contributed by atoms with Gasteiger partial charge in [-0.3, -0.25) is 0 Å². The van der Waals surface area contributed by atoms with Crippen molar-refractivity contribution in [3.63, 3.8) is 0 Å². The zero-order chi connectivity index (χ0) is 12.3. The molecule has 1 aromatic carbocycles. The Balaban J connectivity index is 2.70. The molecule has 0 radical (unpaired) electrons. The maximum atomic E-state index is 11.1. The van der Waals surface area contributed by atoms with Crippen LogP contribution in [-0.2, 0) is 9.84 Å². The molecule has 0 saturated carbocycles. The highest BCUT2D eigenvalue weighted by Gasteiger charge is 2.10. The topological polar surface area (TPSA) is 46.2 Å². The fourth-order valence-electron chi connectivity index (χ4n) is 1.37. The summed E-state index contributed by atoms with van der Waals surface area (Å²) in [4.78, 5) is 0. The number of hydrogen-bond acceptors (Lipinski definition) is 3. The second-order valence-corrected chi connectivity index (χ2v) is 7.21. The number of sulfone groups is 1. The second kappa shape index (κ2) is 5.38. The SMILES string of the molecule is CC(CS(C)(=O)=O)Nc1ccc(Cl)c(Br)c1. The third-order valence-electron chi connectivity index (χ3n) is 1.89. The molecule has 0 fully saturated rings. The molecule has 0 amide bonds. The zero-order valence-electron chi connectivity index (χ0n) is 9.00. The van der Waals surface area contributed by atoms with E-state index in [1.165, 1.54) is 6.26 Å². The number of halogens is 2. The average molecular weight is 327 g/mol. The first-order valence-electron chi connectivity index (χ1n) is 4.67. The van der Waals surface area contributed by atoms with Gasteiger partial charge in [0.1, 0.15) is 9.84 Å². The van der Waals surface area contributed by atoms with Crippen molar-refractivity contribution >= 4 is 43.1 Å². The maximum absolute atomic E-state index is 11.1.